The molecule has 6 nitrogen and oxygen atoms in total. The molecule has 17 heavy (non-hydrogen) atoms. The van der Waals surface area contributed by atoms with Crippen LogP contribution in [0.2, 0.25) is 0 Å². The number of ether oxygens (including phenoxy) is 1. The Balaban J connectivity index is 0.000000366. The molecule has 0 amide bonds. The summed E-state index contributed by atoms with van der Waals surface area (Å²) in [5, 5.41) is 32.2. The average Bonchev–Trinajstić information content (AvgIpc) is 2.37. The van der Waals surface area contributed by atoms with Gasteiger partial charge < -0.3 is 25.2 Å². The van der Waals surface area contributed by atoms with Crippen LogP contribution in [-0.4, -0.2) is 45.9 Å². The van der Waals surface area contributed by atoms with Gasteiger partial charge in [0.1, 0.15) is 12.7 Å². The highest BCUT2D eigenvalue weighted by Crippen LogP contribution is 1.99. The zero-order chi connectivity index (χ0) is 13.1. The Kier molecular flexibility index (Phi) is 8.67. The molecule has 0 aliphatic heterocycles. The van der Waals surface area contributed by atoms with Gasteiger partial charge in [-0.25, -0.2) is 4.79 Å². The molecule has 0 radical (unpaired) electrons. The molecular weight excluding hydrogens is 228 g/mol. The van der Waals surface area contributed by atoms with E-state index in [4.69, 9.17) is 20.4 Å². The SMILES string of the molecule is O=C(O)OCc1ccccc1.OCC(O)CO. The Morgan fingerprint density at radius 3 is 2.06 bits per heavy atom. The third-order valence-corrected chi connectivity index (χ3v) is 1.63. The lowest BCUT2D eigenvalue weighted by Gasteiger charge is -1.98. The summed E-state index contributed by atoms with van der Waals surface area (Å²) in [6.45, 7) is -0.608. The van der Waals surface area contributed by atoms with Crippen molar-refractivity contribution in [3.05, 3.63) is 35.9 Å². The molecule has 1 aromatic rings. The molecule has 1 aromatic carbocycles. The van der Waals surface area contributed by atoms with Crippen molar-refractivity contribution in [3.8, 4) is 0 Å². The lowest BCUT2D eigenvalue weighted by molar-refractivity contribution is 0.0450. The maximum Gasteiger partial charge on any atom is 0.506 e. The average molecular weight is 244 g/mol. The third-order valence-electron chi connectivity index (χ3n) is 1.63. The minimum Gasteiger partial charge on any atom is -0.450 e. The van der Waals surface area contributed by atoms with Crippen LogP contribution in [0, 0.1) is 0 Å². The van der Waals surface area contributed by atoms with Crippen LogP contribution in [0.25, 0.3) is 0 Å². The van der Waals surface area contributed by atoms with Gasteiger partial charge in [0.25, 0.3) is 0 Å². The minimum atomic E-state index is -1.24. The van der Waals surface area contributed by atoms with Gasteiger partial charge in [-0.1, -0.05) is 30.3 Å². The van der Waals surface area contributed by atoms with Crippen molar-refractivity contribution in [2.24, 2.45) is 0 Å². The van der Waals surface area contributed by atoms with E-state index >= 15 is 0 Å². The van der Waals surface area contributed by atoms with Crippen molar-refractivity contribution >= 4 is 6.16 Å². The van der Waals surface area contributed by atoms with E-state index in [0.717, 1.165) is 5.56 Å². The highest BCUT2D eigenvalue weighted by molar-refractivity contribution is 5.56. The number of carboxylic acid groups (broad SMARTS) is 1. The lowest BCUT2D eigenvalue weighted by atomic mass is 10.2. The second-order valence-corrected chi connectivity index (χ2v) is 3.06. The second kappa shape index (κ2) is 9.59. The largest absolute Gasteiger partial charge is 0.506 e. The number of benzene rings is 1. The lowest BCUT2D eigenvalue weighted by Crippen LogP contribution is -2.15. The summed E-state index contributed by atoms with van der Waals surface area (Å²) in [6.07, 6.45) is -2.20. The van der Waals surface area contributed by atoms with Crippen molar-refractivity contribution in [3.63, 3.8) is 0 Å². The van der Waals surface area contributed by atoms with Gasteiger partial charge in [-0.15, -0.1) is 0 Å². The van der Waals surface area contributed by atoms with Crippen LogP contribution in [0.15, 0.2) is 30.3 Å². The molecular formula is C11H16O6. The van der Waals surface area contributed by atoms with Crippen molar-refractivity contribution in [1.29, 1.82) is 0 Å². The summed E-state index contributed by atoms with van der Waals surface area (Å²) >= 11 is 0. The van der Waals surface area contributed by atoms with Crippen LogP contribution in [-0.2, 0) is 11.3 Å². The summed E-state index contributed by atoms with van der Waals surface area (Å²) in [6, 6.07) is 9.15. The van der Waals surface area contributed by atoms with Crippen LogP contribution in [0.4, 0.5) is 4.79 Å². The molecule has 0 spiro atoms. The number of rotatable bonds is 4. The van der Waals surface area contributed by atoms with E-state index in [-0.39, 0.29) is 19.8 Å². The molecule has 0 saturated carbocycles. The molecule has 6 heteroatoms. The van der Waals surface area contributed by atoms with Crippen molar-refractivity contribution < 1.29 is 30.0 Å². The Labute approximate surface area is 98.7 Å². The third kappa shape index (κ3) is 9.31. The van der Waals surface area contributed by atoms with Gasteiger partial charge in [0.15, 0.2) is 0 Å². The Morgan fingerprint density at radius 1 is 1.18 bits per heavy atom. The van der Waals surface area contributed by atoms with Gasteiger partial charge in [0, 0.05) is 0 Å². The molecule has 0 saturated heterocycles. The number of aliphatic hydroxyl groups is 3. The van der Waals surface area contributed by atoms with Crippen LogP contribution in [0.5, 0.6) is 0 Å². The smallest absolute Gasteiger partial charge is 0.450 e. The quantitative estimate of drug-likeness (QED) is 0.564. The summed E-state index contributed by atoms with van der Waals surface area (Å²) < 4.78 is 4.34. The topological polar surface area (TPSA) is 107 Å². The molecule has 0 heterocycles. The molecule has 0 aliphatic rings. The van der Waals surface area contributed by atoms with Gasteiger partial charge in [-0.05, 0) is 5.56 Å². The fourth-order valence-electron chi connectivity index (χ4n) is 0.777. The van der Waals surface area contributed by atoms with E-state index in [1.165, 1.54) is 0 Å². The number of aliphatic hydroxyl groups excluding tert-OH is 3. The highest BCUT2D eigenvalue weighted by Gasteiger charge is 1.96. The highest BCUT2D eigenvalue weighted by atomic mass is 16.7. The van der Waals surface area contributed by atoms with Gasteiger partial charge in [-0.2, -0.15) is 0 Å². The fourth-order valence-corrected chi connectivity index (χ4v) is 0.777. The molecule has 0 unspecified atom stereocenters. The number of hydrogen-bond acceptors (Lipinski definition) is 5. The van der Waals surface area contributed by atoms with Crippen LogP contribution in [0.3, 0.4) is 0 Å². The predicted octanol–water partition coefficient (Wildman–Crippen LogP) is 0.213. The summed E-state index contributed by atoms with van der Waals surface area (Å²) in [5.74, 6) is 0. The first-order valence-corrected chi connectivity index (χ1v) is 4.89. The van der Waals surface area contributed by atoms with Gasteiger partial charge in [0.05, 0.1) is 13.2 Å². The molecule has 1 rings (SSSR count). The Morgan fingerprint density at radius 2 is 1.71 bits per heavy atom. The standard InChI is InChI=1S/C8H8O3.C3H8O3/c9-8(10)11-6-7-4-2-1-3-5-7;4-1-3(6)2-5/h1-5H,6H2,(H,9,10);3-6H,1-2H2. The summed E-state index contributed by atoms with van der Waals surface area (Å²) in [5.41, 5.74) is 0.856. The van der Waals surface area contributed by atoms with Gasteiger partial charge in [-0.3, -0.25) is 0 Å². The van der Waals surface area contributed by atoms with Gasteiger partial charge >= 0.3 is 6.16 Å². The molecule has 0 aliphatic carbocycles. The molecule has 96 valence electrons. The van der Waals surface area contributed by atoms with E-state index < -0.39 is 12.3 Å². The van der Waals surface area contributed by atoms with Gasteiger partial charge in [0.2, 0.25) is 0 Å². The van der Waals surface area contributed by atoms with Crippen molar-refractivity contribution in [2.75, 3.05) is 13.2 Å². The zero-order valence-corrected chi connectivity index (χ0v) is 9.19. The first-order valence-electron chi connectivity index (χ1n) is 4.89. The minimum absolute atomic E-state index is 0.121. The monoisotopic (exact) mass is 244 g/mol. The maximum absolute atomic E-state index is 9.95. The normalized spacial score (nSPS) is 9.41. The van der Waals surface area contributed by atoms with E-state index in [9.17, 15) is 4.79 Å². The van der Waals surface area contributed by atoms with Crippen LogP contribution < -0.4 is 0 Å². The molecule has 0 atom stereocenters. The number of carbonyl (C=O) groups is 1. The summed E-state index contributed by atoms with van der Waals surface area (Å²) in [7, 11) is 0. The zero-order valence-electron chi connectivity index (χ0n) is 9.19. The first-order chi connectivity index (χ1) is 8.10. The van der Waals surface area contributed by atoms with Crippen molar-refractivity contribution in [2.45, 2.75) is 12.7 Å². The second-order valence-electron chi connectivity index (χ2n) is 3.06. The summed E-state index contributed by atoms with van der Waals surface area (Å²) in [4.78, 5) is 9.95. The molecule has 0 fully saturated rings. The Hall–Kier alpha value is -1.63. The Bertz CT molecular complexity index is 296. The van der Waals surface area contributed by atoms with E-state index in [2.05, 4.69) is 4.74 Å². The van der Waals surface area contributed by atoms with Crippen LogP contribution in [0.1, 0.15) is 5.56 Å². The van der Waals surface area contributed by atoms with E-state index in [1.54, 1.807) is 0 Å². The molecule has 4 N–H and O–H groups in total. The number of hydrogen-bond donors (Lipinski definition) is 4. The maximum atomic E-state index is 9.95. The molecule has 0 aromatic heterocycles. The molecule has 0 bridgehead atoms. The predicted molar refractivity (Wildman–Crippen MR) is 59.4 cm³/mol. The fraction of sp³-hybridized carbons (Fsp3) is 0.364. The van der Waals surface area contributed by atoms with E-state index in [1.807, 2.05) is 30.3 Å². The first kappa shape index (κ1) is 15.4. The van der Waals surface area contributed by atoms with E-state index in [0.29, 0.717) is 0 Å². The van der Waals surface area contributed by atoms with Crippen LogP contribution >= 0.6 is 0 Å². The van der Waals surface area contributed by atoms with Crippen molar-refractivity contribution in [1.82, 2.24) is 0 Å².